The standard InChI is InChI=1S/C15H20FN5/c1-21(2)9-5-6-11-10-18-15(20-14(11)17)19-13-8-4-3-7-12(13)16/h3-4,7-8,10H,5-6,9H2,1-2H3,(H3,17,18,19,20). The molecule has 0 saturated carbocycles. The van der Waals surface area contributed by atoms with E-state index in [-0.39, 0.29) is 5.82 Å². The summed E-state index contributed by atoms with van der Waals surface area (Å²) in [5, 5.41) is 2.83. The monoisotopic (exact) mass is 289 g/mol. The predicted octanol–water partition coefficient (Wildman–Crippen LogP) is 2.44. The minimum absolute atomic E-state index is 0.300. The third kappa shape index (κ3) is 4.39. The van der Waals surface area contributed by atoms with E-state index < -0.39 is 0 Å². The molecule has 0 aliphatic heterocycles. The fraction of sp³-hybridized carbons (Fsp3) is 0.333. The lowest BCUT2D eigenvalue weighted by atomic mass is 10.1. The number of hydrogen-bond acceptors (Lipinski definition) is 5. The summed E-state index contributed by atoms with van der Waals surface area (Å²) < 4.78 is 13.5. The number of aryl methyl sites for hydroxylation is 1. The molecule has 1 aromatic heterocycles. The van der Waals surface area contributed by atoms with Crippen molar-refractivity contribution >= 4 is 17.5 Å². The van der Waals surface area contributed by atoms with Crippen LogP contribution in [0.5, 0.6) is 0 Å². The lowest BCUT2D eigenvalue weighted by Gasteiger charge is -2.11. The zero-order chi connectivity index (χ0) is 15.2. The van der Waals surface area contributed by atoms with Crippen LogP contribution in [0.25, 0.3) is 0 Å². The van der Waals surface area contributed by atoms with Crippen molar-refractivity contribution < 1.29 is 4.39 Å². The van der Waals surface area contributed by atoms with Crippen molar-refractivity contribution in [1.29, 1.82) is 0 Å². The van der Waals surface area contributed by atoms with E-state index in [9.17, 15) is 4.39 Å². The Morgan fingerprint density at radius 2 is 2.05 bits per heavy atom. The van der Waals surface area contributed by atoms with Crippen LogP contribution in [0.2, 0.25) is 0 Å². The summed E-state index contributed by atoms with van der Waals surface area (Å²) in [4.78, 5) is 10.5. The third-order valence-electron chi connectivity index (χ3n) is 3.07. The lowest BCUT2D eigenvalue weighted by Crippen LogP contribution is -2.14. The Morgan fingerprint density at radius 1 is 1.29 bits per heavy atom. The van der Waals surface area contributed by atoms with Crippen molar-refractivity contribution in [3.05, 3.63) is 41.8 Å². The average Bonchev–Trinajstić information content (AvgIpc) is 2.43. The van der Waals surface area contributed by atoms with E-state index in [0.717, 1.165) is 24.9 Å². The first kappa shape index (κ1) is 15.2. The van der Waals surface area contributed by atoms with Gasteiger partial charge < -0.3 is 16.0 Å². The molecule has 0 amide bonds. The molecule has 0 atom stereocenters. The summed E-state index contributed by atoms with van der Waals surface area (Å²) >= 11 is 0. The highest BCUT2D eigenvalue weighted by molar-refractivity contribution is 5.55. The van der Waals surface area contributed by atoms with Crippen LogP contribution in [0.3, 0.4) is 0 Å². The number of nitrogens with zero attached hydrogens (tertiary/aromatic N) is 3. The molecule has 0 bridgehead atoms. The van der Waals surface area contributed by atoms with Crippen LogP contribution in [-0.2, 0) is 6.42 Å². The molecule has 0 fully saturated rings. The molecule has 2 aromatic rings. The first-order chi connectivity index (χ1) is 10.1. The van der Waals surface area contributed by atoms with Crippen molar-refractivity contribution in [3.8, 4) is 0 Å². The molecular formula is C15H20FN5. The molecule has 21 heavy (non-hydrogen) atoms. The molecule has 1 heterocycles. The zero-order valence-corrected chi connectivity index (χ0v) is 12.3. The highest BCUT2D eigenvalue weighted by Crippen LogP contribution is 2.18. The summed E-state index contributed by atoms with van der Waals surface area (Å²) in [6.07, 6.45) is 3.51. The van der Waals surface area contributed by atoms with Crippen LogP contribution in [-0.4, -0.2) is 35.5 Å². The topological polar surface area (TPSA) is 67.1 Å². The smallest absolute Gasteiger partial charge is 0.229 e. The van der Waals surface area contributed by atoms with Crippen LogP contribution >= 0.6 is 0 Å². The van der Waals surface area contributed by atoms with Gasteiger partial charge in [0.25, 0.3) is 0 Å². The molecule has 112 valence electrons. The van der Waals surface area contributed by atoms with Crippen molar-refractivity contribution in [3.63, 3.8) is 0 Å². The summed E-state index contributed by atoms with van der Waals surface area (Å²) in [5.74, 6) is 0.381. The number of hydrogen-bond donors (Lipinski definition) is 2. The second-order valence-corrected chi connectivity index (χ2v) is 5.12. The van der Waals surface area contributed by atoms with Gasteiger partial charge in [0.05, 0.1) is 5.69 Å². The number of para-hydroxylation sites is 1. The maximum atomic E-state index is 13.5. The molecule has 3 N–H and O–H groups in total. The largest absolute Gasteiger partial charge is 0.383 e. The first-order valence-corrected chi connectivity index (χ1v) is 6.84. The van der Waals surface area contributed by atoms with Crippen LogP contribution in [0.1, 0.15) is 12.0 Å². The number of anilines is 3. The Morgan fingerprint density at radius 3 is 2.71 bits per heavy atom. The van der Waals surface area contributed by atoms with Crippen LogP contribution in [0.4, 0.5) is 21.8 Å². The SMILES string of the molecule is CN(C)CCCc1cnc(Nc2ccccc2F)nc1N. The van der Waals surface area contributed by atoms with Crippen molar-refractivity contribution in [2.45, 2.75) is 12.8 Å². The van der Waals surface area contributed by atoms with Gasteiger partial charge in [-0.05, 0) is 45.6 Å². The van der Waals surface area contributed by atoms with E-state index >= 15 is 0 Å². The van der Waals surface area contributed by atoms with Gasteiger partial charge in [-0.1, -0.05) is 12.1 Å². The number of nitrogen functional groups attached to an aromatic ring is 1. The molecule has 0 radical (unpaired) electrons. The predicted molar refractivity (Wildman–Crippen MR) is 83.0 cm³/mol. The van der Waals surface area contributed by atoms with Gasteiger partial charge in [0.15, 0.2) is 0 Å². The minimum Gasteiger partial charge on any atom is -0.383 e. The normalized spacial score (nSPS) is 10.9. The summed E-state index contributed by atoms with van der Waals surface area (Å²) in [6, 6.07) is 6.37. The average molecular weight is 289 g/mol. The number of benzene rings is 1. The lowest BCUT2D eigenvalue weighted by molar-refractivity contribution is 0.400. The van der Waals surface area contributed by atoms with Gasteiger partial charge in [0, 0.05) is 11.8 Å². The molecule has 0 spiro atoms. The van der Waals surface area contributed by atoms with Crippen molar-refractivity contribution in [2.75, 3.05) is 31.7 Å². The fourth-order valence-corrected chi connectivity index (χ4v) is 1.94. The van der Waals surface area contributed by atoms with Gasteiger partial charge in [0.1, 0.15) is 11.6 Å². The highest BCUT2D eigenvalue weighted by Gasteiger charge is 2.07. The highest BCUT2D eigenvalue weighted by atomic mass is 19.1. The Labute approximate surface area is 124 Å². The number of rotatable bonds is 6. The number of aromatic nitrogens is 2. The number of nitrogens with two attached hydrogens (primary N) is 1. The van der Waals surface area contributed by atoms with Crippen molar-refractivity contribution in [2.24, 2.45) is 0 Å². The van der Waals surface area contributed by atoms with E-state index in [1.54, 1.807) is 24.4 Å². The Balaban J connectivity index is 2.03. The molecule has 0 aliphatic carbocycles. The molecule has 2 rings (SSSR count). The molecule has 1 aromatic carbocycles. The molecular weight excluding hydrogens is 269 g/mol. The summed E-state index contributed by atoms with van der Waals surface area (Å²) in [7, 11) is 4.06. The van der Waals surface area contributed by atoms with Crippen LogP contribution in [0, 0.1) is 5.82 Å². The second kappa shape index (κ2) is 6.99. The van der Waals surface area contributed by atoms with E-state index in [1.165, 1.54) is 6.07 Å². The van der Waals surface area contributed by atoms with E-state index in [0.29, 0.717) is 17.5 Å². The fourth-order valence-electron chi connectivity index (χ4n) is 1.94. The minimum atomic E-state index is -0.352. The van der Waals surface area contributed by atoms with Gasteiger partial charge in [-0.2, -0.15) is 4.98 Å². The van der Waals surface area contributed by atoms with Crippen LogP contribution in [0.15, 0.2) is 30.5 Å². The van der Waals surface area contributed by atoms with Gasteiger partial charge in [-0.15, -0.1) is 0 Å². The second-order valence-electron chi connectivity index (χ2n) is 5.12. The molecule has 0 saturated heterocycles. The summed E-state index contributed by atoms with van der Waals surface area (Å²) in [5.41, 5.74) is 7.18. The van der Waals surface area contributed by atoms with E-state index in [1.807, 2.05) is 14.1 Å². The third-order valence-corrected chi connectivity index (χ3v) is 3.07. The van der Waals surface area contributed by atoms with E-state index in [2.05, 4.69) is 20.2 Å². The maximum absolute atomic E-state index is 13.5. The molecule has 0 aliphatic rings. The molecule has 0 unspecified atom stereocenters. The Bertz CT molecular complexity index is 600. The van der Waals surface area contributed by atoms with E-state index in [4.69, 9.17) is 5.73 Å². The quantitative estimate of drug-likeness (QED) is 0.855. The summed E-state index contributed by atoms with van der Waals surface area (Å²) in [6.45, 7) is 0.981. The maximum Gasteiger partial charge on any atom is 0.229 e. The Hall–Kier alpha value is -2.21. The number of nitrogens with one attached hydrogen (secondary N) is 1. The zero-order valence-electron chi connectivity index (χ0n) is 12.3. The first-order valence-electron chi connectivity index (χ1n) is 6.84. The van der Waals surface area contributed by atoms with Gasteiger partial charge >= 0.3 is 0 Å². The van der Waals surface area contributed by atoms with Gasteiger partial charge in [0.2, 0.25) is 5.95 Å². The van der Waals surface area contributed by atoms with Crippen molar-refractivity contribution in [1.82, 2.24) is 14.9 Å². The van der Waals surface area contributed by atoms with Gasteiger partial charge in [-0.3, -0.25) is 0 Å². The van der Waals surface area contributed by atoms with Gasteiger partial charge in [-0.25, -0.2) is 9.37 Å². The van der Waals surface area contributed by atoms with Crippen LogP contribution < -0.4 is 11.1 Å². The molecule has 6 heteroatoms. The number of halogens is 1. The molecule has 5 nitrogen and oxygen atoms in total. The Kier molecular flexibility index (Phi) is 5.05.